The van der Waals surface area contributed by atoms with Gasteiger partial charge in [-0.05, 0) is 42.8 Å². The summed E-state index contributed by atoms with van der Waals surface area (Å²) in [6, 6.07) is 24.4. The predicted octanol–water partition coefficient (Wildman–Crippen LogP) is 4.85. The van der Waals surface area contributed by atoms with Crippen molar-refractivity contribution < 1.29 is 4.79 Å². The molecule has 0 saturated heterocycles. The van der Waals surface area contributed by atoms with Crippen molar-refractivity contribution in [1.82, 2.24) is 14.8 Å². The SMILES string of the molecule is CCN(CC)CCN(C(=O)c1cccnc1)C(Cc1ccccc1)c1ccccc1. The molecule has 1 amide bonds. The zero-order valence-electron chi connectivity index (χ0n) is 17.9. The highest BCUT2D eigenvalue weighted by Crippen LogP contribution is 2.27. The average molecular weight is 402 g/mol. The van der Waals surface area contributed by atoms with Gasteiger partial charge < -0.3 is 9.80 Å². The maximum atomic E-state index is 13.6. The van der Waals surface area contributed by atoms with E-state index in [1.54, 1.807) is 12.4 Å². The van der Waals surface area contributed by atoms with Gasteiger partial charge in [-0.2, -0.15) is 0 Å². The molecule has 3 aromatic rings. The second-order valence-electron chi connectivity index (χ2n) is 7.38. The molecule has 0 aliphatic carbocycles. The summed E-state index contributed by atoms with van der Waals surface area (Å²) in [5, 5.41) is 0. The molecule has 2 aromatic carbocycles. The molecule has 0 fully saturated rings. The standard InChI is InChI=1S/C26H31N3O/c1-3-28(4-2)18-19-29(26(30)24-16-11-17-27-21-24)25(23-14-9-6-10-15-23)20-22-12-7-5-8-13-22/h5-17,21,25H,3-4,18-20H2,1-2H3. The topological polar surface area (TPSA) is 36.4 Å². The fraction of sp³-hybridized carbons (Fsp3) is 0.308. The number of nitrogens with zero attached hydrogens (tertiary/aromatic N) is 3. The van der Waals surface area contributed by atoms with E-state index in [2.05, 4.69) is 60.1 Å². The zero-order chi connectivity index (χ0) is 21.2. The van der Waals surface area contributed by atoms with E-state index < -0.39 is 0 Å². The number of benzene rings is 2. The third-order valence-electron chi connectivity index (χ3n) is 5.55. The van der Waals surface area contributed by atoms with E-state index in [0.29, 0.717) is 12.1 Å². The van der Waals surface area contributed by atoms with Gasteiger partial charge in [-0.1, -0.05) is 74.5 Å². The summed E-state index contributed by atoms with van der Waals surface area (Å²) in [4.78, 5) is 22.2. The van der Waals surface area contributed by atoms with Crippen LogP contribution in [0.25, 0.3) is 0 Å². The maximum Gasteiger partial charge on any atom is 0.255 e. The van der Waals surface area contributed by atoms with Crippen LogP contribution >= 0.6 is 0 Å². The molecule has 4 heteroatoms. The summed E-state index contributed by atoms with van der Waals surface area (Å²) in [6.07, 6.45) is 4.14. The maximum absolute atomic E-state index is 13.6. The van der Waals surface area contributed by atoms with Crippen LogP contribution in [0.4, 0.5) is 0 Å². The largest absolute Gasteiger partial charge is 0.330 e. The molecule has 0 spiro atoms. The van der Waals surface area contributed by atoms with Gasteiger partial charge in [0.25, 0.3) is 5.91 Å². The van der Waals surface area contributed by atoms with Gasteiger partial charge in [0.05, 0.1) is 11.6 Å². The Bertz CT molecular complexity index is 880. The monoisotopic (exact) mass is 401 g/mol. The zero-order valence-corrected chi connectivity index (χ0v) is 17.9. The summed E-state index contributed by atoms with van der Waals surface area (Å²) < 4.78 is 0. The first kappa shape index (κ1) is 21.7. The van der Waals surface area contributed by atoms with Crippen LogP contribution in [0.3, 0.4) is 0 Å². The van der Waals surface area contributed by atoms with E-state index in [9.17, 15) is 4.79 Å². The molecule has 1 aromatic heterocycles. The Balaban J connectivity index is 1.97. The number of hydrogen-bond donors (Lipinski definition) is 0. The lowest BCUT2D eigenvalue weighted by Crippen LogP contribution is -2.41. The van der Waals surface area contributed by atoms with E-state index in [4.69, 9.17) is 0 Å². The van der Waals surface area contributed by atoms with Gasteiger partial charge in [0.2, 0.25) is 0 Å². The summed E-state index contributed by atoms with van der Waals surface area (Å²) >= 11 is 0. The smallest absolute Gasteiger partial charge is 0.255 e. The second kappa shape index (κ2) is 11.3. The number of carbonyl (C=O) groups excluding carboxylic acids is 1. The number of carbonyl (C=O) groups is 1. The number of pyridine rings is 1. The van der Waals surface area contributed by atoms with Gasteiger partial charge >= 0.3 is 0 Å². The molecule has 30 heavy (non-hydrogen) atoms. The van der Waals surface area contributed by atoms with Crippen molar-refractivity contribution in [3.8, 4) is 0 Å². The molecule has 1 atom stereocenters. The van der Waals surface area contributed by atoms with Crippen molar-refractivity contribution in [3.63, 3.8) is 0 Å². The predicted molar refractivity (Wildman–Crippen MR) is 122 cm³/mol. The Morgan fingerprint density at radius 2 is 1.53 bits per heavy atom. The minimum atomic E-state index is -0.0446. The van der Waals surface area contributed by atoms with Crippen LogP contribution in [0.15, 0.2) is 85.2 Å². The van der Waals surface area contributed by atoms with Crippen molar-refractivity contribution >= 4 is 5.91 Å². The van der Waals surface area contributed by atoms with Crippen molar-refractivity contribution in [2.75, 3.05) is 26.2 Å². The van der Waals surface area contributed by atoms with Crippen LogP contribution in [-0.2, 0) is 6.42 Å². The number of aromatic nitrogens is 1. The Kier molecular flexibility index (Phi) is 8.16. The molecule has 0 N–H and O–H groups in total. The summed E-state index contributed by atoms with van der Waals surface area (Å²) in [6.45, 7) is 7.78. The van der Waals surface area contributed by atoms with Crippen LogP contribution in [0, 0.1) is 0 Å². The molecule has 1 heterocycles. The molecular weight excluding hydrogens is 370 g/mol. The lowest BCUT2D eigenvalue weighted by Gasteiger charge is -2.34. The highest BCUT2D eigenvalue weighted by molar-refractivity contribution is 5.94. The number of amides is 1. The summed E-state index contributed by atoms with van der Waals surface area (Å²) in [7, 11) is 0. The van der Waals surface area contributed by atoms with Crippen LogP contribution in [0.1, 0.15) is 41.4 Å². The van der Waals surface area contributed by atoms with E-state index in [1.165, 1.54) is 5.56 Å². The normalized spacial score (nSPS) is 12.0. The first-order chi connectivity index (χ1) is 14.7. The van der Waals surface area contributed by atoms with Gasteiger partial charge in [-0.3, -0.25) is 9.78 Å². The Hall–Kier alpha value is -2.98. The van der Waals surface area contributed by atoms with E-state index in [-0.39, 0.29) is 11.9 Å². The lowest BCUT2D eigenvalue weighted by molar-refractivity contribution is 0.0649. The van der Waals surface area contributed by atoms with Crippen molar-refractivity contribution in [2.24, 2.45) is 0 Å². The minimum absolute atomic E-state index is 0.0278. The fourth-order valence-corrected chi connectivity index (χ4v) is 3.76. The number of rotatable bonds is 10. The third-order valence-corrected chi connectivity index (χ3v) is 5.55. The average Bonchev–Trinajstić information content (AvgIpc) is 2.82. The molecular formula is C26H31N3O. The van der Waals surface area contributed by atoms with Crippen molar-refractivity contribution in [3.05, 3.63) is 102 Å². The Labute approximate surface area is 180 Å². The molecule has 0 saturated carbocycles. The second-order valence-corrected chi connectivity index (χ2v) is 7.38. The molecule has 0 radical (unpaired) electrons. The van der Waals surface area contributed by atoms with Gasteiger partial charge in [0, 0.05) is 25.5 Å². The third kappa shape index (κ3) is 5.77. The Morgan fingerprint density at radius 3 is 2.13 bits per heavy atom. The highest BCUT2D eigenvalue weighted by Gasteiger charge is 2.27. The van der Waals surface area contributed by atoms with E-state index in [1.807, 2.05) is 41.3 Å². The van der Waals surface area contributed by atoms with Crippen molar-refractivity contribution in [2.45, 2.75) is 26.3 Å². The molecule has 1 unspecified atom stereocenters. The van der Waals surface area contributed by atoms with Crippen LogP contribution in [0.2, 0.25) is 0 Å². The fourth-order valence-electron chi connectivity index (χ4n) is 3.76. The highest BCUT2D eigenvalue weighted by atomic mass is 16.2. The number of hydrogen-bond acceptors (Lipinski definition) is 3. The summed E-state index contributed by atoms with van der Waals surface area (Å²) in [5.74, 6) is 0.0278. The van der Waals surface area contributed by atoms with Gasteiger partial charge in [0.15, 0.2) is 0 Å². The molecule has 156 valence electrons. The quantitative estimate of drug-likeness (QED) is 0.487. The summed E-state index contributed by atoms with van der Waals surface area (Å²) in [5.41, 5.74) is 3.00. The van der Waals surface area contributed by atoms with Crippen LogP contribution in [-0.4, -0.2) is 46.9 Å². The van der Waals surface area contributed by atoms with Crippen LogP contribution in [0.5, 0.6) is 0 Å². The van der Waals surface area contributed by atoms with Crippen molar-refractivity contribution in [1.29, 1.82) is 0 Å². The van der Waals surface area contributed by atoms with Crippen LogP contribution < -0.4 is 0 Å². The van der Waals surface area contributed by atoms with E-state index >= 15 is 0 Å². The number of likely N-dealkylation sites (N-methyl/N-ethyl adjacent to an activating group) is 1. The van der Waals surface area contributed by atoms with Gasteiger partial charge in [-0.15, -0.1) is 0 Å². The molecule has 3 rings (SSSR count). The lowest BCUT2D eigenvalue weighted by atomic mass is 9.96. The first-order valence-electron chi connectivity index (χ1n) is 10.7. The first-order valence-corrected chi connectivity index (χ1v) is 10.7. The minimum Gasteiger partial charge on any atom is -0.330 e. The molecule has 0 aliphatic heterocycles. The van der Waals surface area contributed by atoms with E-state index in [0.717, 1.165) is 31.6 Å². The van der Waals surface area contributed by atoms with Gasteiger partial charge in [0.1, 0.15) is 0 Å². The molecule has 0 bridgehead atoms. The molecule has 0 aliphatic rings. The Morgan fingerprint density at radius 1 is 0.867 bits per heavy atom. The van der Waals surface area contributed by atoms with Gasteiger partial charge in [-0.25, -0.2) is 0 Å². The molecule has 4 nitrogen and oxygen atoms in total.